The Morgan fingerprint density at radius 2 is 2.19 bits per heavy atom. The summed E-state index contributed by atoms with van der Waals surface area (Å²) in [4.78, 5) is 14.7. The van der Waals surface area contributed by atoms with Crippen molar-refractivity contribution >= 4 is 5.91 Å². The van der Waals surface area contributed by atoms with Gasteiger partial charge in [0.1, 0.15) is 0 Å². The first-order chi connectivity index (χ1) is 7.42. The fourth-order valence-electron chi connectivity index (χ4n) is 1.54. The van der Waals surface area contributed by atoms with Crippen LogP contribution in [0.2, 0.25) is 0 Å². The second-order valence-electron chi connectivity index (χ2n) is 4.68. The van der Waals surface area contributed by atoms with Crippen molar-refractivity contribution in [2.24, 2.45) is 5.41 Å². The van der Waals surface area contributed by atoms with Crippen molar-refractivity contribution in [3.63, 3.8) is 0 Å². The molecule has 0 bridgehead atoms. The first-order valence-corrected chi connectivity index (χ1v) is 5.03. The van der Waals surface area contributed by atoms with Crippen molar-refractivity contribution in [3.05, 3.63) is 29.6 Å². The summed E-state index contributed by atoms with van der Waals surface area (Å²) in [5, 5.41) is 2.66. The fourth-order valence-corrected chi connectivity index (χ4v) is 1.54. The number of hydrogen-bond acceptors (Lipinski definition) is 2. The molecular formula is C11H12F2N2O. The molecule has 1 fully saturated rings. The van der Waals surface area contributed by atoms with Gasteiger partial charge in [-0.05, 0) is 17.9 Å². The van der Waals surface area contributed by atoms with E-state index in [1.165, 1.54) is 6.07 Å². The standard InChI is InChI=1S/C11H12F2N2O/c1-11(2)5-7(11)15-10(16)6-3-4-14-9(13)8(6)12/h3-4,7H,5H2,1-2H3,(H,15,16). The van der Waals surface area contributed by atoms with Crippen LogP contribution in [-0.2, 0) is 0 Å². The first-order valence-electron chi connectivity index (χ1n) is 5.03. The molecule has 0 aliphatic heterocycles. The van der Waals surface area contributed by atoms with Crippen LogP contribution in [0.1, 0.15) is 30.6 Å². The normalized spacial score (nSPS) is 21.6. The Hall–Kier alpha value is -1.52. The highest BCUT2D eigenvalue weighted by atomic mass is 19.2. The summed E-state index contributed by atoms with van der Waals surface area (Å²) in [6, 6.07) is 1.21. The molecule has 1 N–H and O–H groups in total. The first kappa shape index (κ1) is 11.0. The van der Waals surface area contributed by atoms with Gasteiger partial charge in [-0.25, -0.2) is 9.37 Å². The summed E-state index contributed by atoms with van der Waals surface area (Å²) < 4.78 is 26.0. The summed E-state index contributed by atoms with van der Waals surface area (Å²) in [5.74, 6) is -3.03. The molecule has 1 aromatic heterocycles. The maximum Gasteiger partial charge on any atom is 0.254 e. The van der Waals surface area contributed by atoms with Crippen LogP contribution in [0.25, 0.3) is 0 Å². The minimum Gasteiger partial charge on any atom is -0.349 e. The monoisotopic (exact) mass is 226 g/mol. The van der Waals surface area contributed by atoms with E-state index in [4.69, 9.17) is 0 Å². The van der Waals surface area contributed by atoms with Crippen LogP contribution < -0.4 is 5.32 Å². The van der Waals surface area contributed by atoms with Crippen LogP contribution in [-0.4, -0.2) is 16.9 Å². The number of hydrogen-bond donors (Lipinski definition) is 1. The van der Waals surface area contributed by atoms with Gasteiger partial charge in [0, 0.05) is 12.2 Å². The quantitative estimate of drug-likeness (QED) is 0.782. The maximum absolute atomic E-state index is 13.2. The minimum absolute atomic E-state index is 0.0376. The molecule has 0 saturated heterocycles. The maximum atomic E-state index is 13.2. The number of rotatable bonds is 2. The second kappa shape index (κ2) is 3.50. The van der Waals surface area contributed by atoms with Gasteiger partial charge in [-0.3, -0.25) is 4.79 Å². The highest BCUT2D eigenvalue weighted by Gasteiger charge is 2.46. The van der Waals surface area contributed by atoms with Crippen molar-refractivity contribution < 1.29 is 13.6 Å². The Morgan fingerprint density at radius 3 is 2.75 bits per heavy atom. The summed E-state index contributed by atoms with van der Waals surface area (Å²) in [6.07, 6.45) is 1.93. The lowest BCUT2D eigenvalue weighted by molar-refractivity contribution is 0.0941. The number of carbonyl (C=O) groups excluding carboxylic acids is 1. The van der Waals surface area contributed by atoms with Crippen LogP contribution in [0.15, 0.2) is 12.3 Å². The third-order valence-electron chi connectivity index (χ3n) is 2.91. The van der Waals surface area contributed by atoms with E-state index in [1.54, 1.807) is 0 Å². The molecule has 0 spiro atoms. The lowest BCUT2D eigenvalue weighted by Gasteiger charge is -2.07. The fraction of sp³-hybridized carbons (Fsp3) is 0.455. The molecule has 2 rings (SSSR count). The van der Waals surface area contributed by atoms with E-state index < -0.39 is 17.7 Å². The van der Waals surface area contributed by atoms with Gasteiger partial charge in [0.05, 0.1) is 5.56 Å². The number of halogens is 2. The Morgan fingerprint density at radius 1 is 1.56 bits per heavy atom. The topological polar surface area (TPSA) is 42.0 Å². The molecule has 1 atom stereocenters. The number of nitrogens with one attached hydrogen (secondary N) is 1. The molecule has 1 saturated carbocycles. The highest BCUT2D eigenvalue weighted by Crippen LogP contribution is 2.44. The Kier molecular flexibility index (Phi) is 2.40. The zero-order valence-corrected chi connectivity index (χ0v) is 9.05. The minimum atomic E-state index is -1.25. The molecule has 1 aliphatic carbocycles. The largest absolute Gasteiger partial charge is 0.349 e. The van der Waals surface area contributed by atoms with Gasteiger partial charge in [-0.1, -0.05) is 13.8 Å². The average molecular weight is 226 g/mol. The zero-order chi connectivity index (χ0) is 11.9. The third kappa shape index (κ3) is 1.89. The molecule has 1 aromatic rings. The van der Waals surface area contributed by atoms with Crippen molar-refractivity contribution in [2.75, 3.05) is 0 Å². The molecule has 86 valence electrons. The van der Waals surface area contributed by atoms with E-state index in [9.17, 15) is 13.6 Å². The molecule has 1 heterocycles. The van der Waals surface area contributed by atoms with E-state index >= 15 is 0 Å². The van der Waals surface area contributed by atoms with Crippen LogP contribution in [0.5, 0.6) is 0 Å². The number of amides is 1. The van der Waals surface area contributed by atoms with Crippen molar-refractivity contribution in [1.82, 2.24) is 10.3 Å². The van der Waals surface area contributed by atoms with Crippen LogP contribution in [0, 0.1) is 17.2 Å². The van der Waals surface area contributed by atoms with Gasteiger partial charge in [0.15, 0.2) is 5.82 Å². The lowest BCUT2D eigenvalue weighted by atomic mass is 10.2. The number of carbonyl (C=O) groups is 1. The number of pyridine rings is 1. The SMILES string of the molecule is CC1(C)CC1NC(=O)c1ccnc(F)c1F. The zero-order valence-electron chi connectivity index (χ0n) is 9.05. The van der Waals surface area contributed by atoms with Crippen molar-refractivity contribution in [1.29, 1.82) is 0 Å². The smallest absolute Gasteiger partial charge is 0.254 e. The lowest BCUT2D eigenvalue weighted by Crippen LogP contribution is -2.29. The third-order valence-corrected chi connectivity index (χ3v) is 2.91. The van der Waals surface area contributed by atoms with Gasteiger partial charge in [-0.2, -0.15) is 4.39 Å². The molecule has 1 unspecified atom stereocenters. The Labute approximate surface area is 91.9 Å². The molecule has 5 heteroatoms. The van der Waals surface area contributed by atoms with Crippen LogP contribution >= 0.6 is 0 Å². The molecule has 16 heavy (non-hydrogen) atoms. The van der Waals surface area contributed by atoms with E-state index in [-0.39, 0.29) is 17.0 Å². The Bertz CT molecular complexity index is 446. The predicted molar refractivity (Wildman–Crippen MR) is 53.8 cm³/mol. The molecule has 1 aliphatic rings. The summed E-state index contributed by atoms with van der Waals surface area (Å²) in [7, 11) is 0. The number of nitrogens with zero attached hydrogens (tertiary/aromatic N) is 1. The summed E-state index contributed by atoms with van der Waals surface area (Å²) in [5.41, 5.74) is -0.243. The molecule has 0 radical (unpaired) electrons. The van der Waals surface area contributed by atoms with E-state index in [2.05, 4.69) is 10.3 Å². The van der Waals surface area contributed by atoms with Gasteiger partial charge < -0.3 is 5.32 Å². The molecular weight excluding hydrogens is 214 g/mol. The van der Waals surface area contributed by atoms with Gasteiger partial charge in [0.2, 0.25) is 5.95 Å². The van der Waals surface area contributed by atoms with E-state index in [0.29, 0.717) is 0 Å². The second-order valence-corrected chi connectivity index (χ2v) is 4.68. The number of aromatic nitrogens is 1. The van der Waals surface area contributed by atoms with E-state index in [0.717, 1.165) is 12.6 Å². The summed E-state index contributed by atoms with van der Waals surface area (Å²) >= 11 is 0. The van der Waals surface area contributed by atoms with Gasteiger partial charge in [0.25, 0.3) is 5.91 Å². The van der Waals surface area contributed by atoms with E-state index in [1.807, 2.05) is 13.8 Å². The average Bonchev–Trinajstić information content (AvgIpc) is 2.78. The van der Waals surface area contributed by atoms with Crippen LogP contribution in [0.3, 0.4) is 0 Å². The highest BCUT2D eigenvalue weighted by molar-refractivity contribution is 5.94. The van der Waals surface area contributed by atoms with Crippen molar-refractivity contribution in [2.45, 2.75) is 26.3 Å². The van der Waals surface area contributed by atoms with Crippen molar-refractivity contribution in [3.8, 4) is 0 Å². The molecule has 1 amide bonds. The van der Waals surface area contributed by atoms with Gasteiger partial charge in [-0.15, -0.1) is 0 Å². The summed E-state index contributed by atoms with van der Waals surface area (Å²) in [6.45, 7) is 4.00. The van der Waals surface area contributed by atoms with Crippen LogP contribution in [0.4, 0.5) is 8.78 Å². The molecule has 0 aromatic carbocycles. The van der Waals surface area contributed by atoms with Gasteiger partial charge >= 0.3 is 0 Å². The molecule has 3 nitrogen and oxygen atoms in total. The Balaban J connectivity index is 2.13. The predicted octanol–water partition coefficient (Wildman–Crippen LogP) is 1.89.